The van der Waals surface area contributed by atoms with Crippen molar-refractivity contribution in [3.05, 3.63) is 28.2 Å². The molecule has 1 amide bonds. The summed E-state index contributed by atoms with van der Waals surface area (Å²) in [7, 11) is 0. The van der Waals surface area contributed by atoms with Crippen molar-refractivity contribution in [2.75, 3.05) is 23.1 Å². The normalized spacial score (nSPS) is 16.7. The number of rotatable bonds is 3. The second-order valence-electron chi connectivity index (χ2n) is 10.4. The number of aryl methyl sites for hydroxylation is 1. The molecule has 33 heavy (non-hydrogen) atoms. The second-order valence-corrected chi connectivity index (χ2v) is 11.4. The summed E-state index contributed by atoms with van der Waals surface area (Å²) >= 11 is 3.53. The van der Waals surface area contributed by atoms with E-state index in [4.69, 9.17) is 14.6 Å². The number of hydrogen-bond acceptors (Lipinski definition) is 5. The number of benzene rings is 1. The van der Waals surface area contributed by atoms with Crippen LogP contribution < -0.4 is 9.96 Å². The van der Waals surface area contributed by atoms with Gasteiger partial charge in [0.2, 0.25) is 0 Å². The minimum absolute atomic E-state index is 0.211. The smallest absolute Gasteiger partial charge is 0.440 e. The summed E-state index contributed by atoms with van der Waals surface area (Å²) in [6.45, 7) is 13.1. The van der Waals surface area contributed by atoms with Crippen LogP contribution in [-0.4, -0.2) is 41.3 Å². The van der Waals surface area contributed by atoms with E-state index in [0.717, 1.165) is 20.6 Å². The van der Waals surface area contributed by atoms with Gasteiger partial charge < -0.3 is 9.64 Å². The molecule has 0 atom stereocenters. The summed E-state index contributed by atoms with van der Waals surface area (Å²) in [6.07, 6.45) is -1.10. The predicted octanol–water partition coefficient (Wildman–Crippen LogP) is 7.01. The molecule has 1 fully saturated rings. The largest absolute Gasteiger partial charge is 0.442 e. The highest BCUT2D eigenvalue weighted by atomic mass is 79.9. The Morgan fingerprint density at radius 3 is 2.24 bits per heavy atom. The molecule has 0 radical (unpaired) electrons. The van der Waals surface area contributed by atoms with E-state index in [1.165, 1.54) is 0 Å². The molecule has 182 valence electrons. The molecule has 0 saturated carbocycles. The third-order valence-corrected chi connectivity index (χ3v) is 5.44. The molecule has 1 saturated heterocycles. The van der Waals surface area contributed by atoms with Crippen molar-refractivity contribution in [3.8, 4) is 0 Å². The topological polar surface area (TPSA) is 54.9 Å². The van der Waals surface area contributed by atoms with Crippen LogP contribution in [0.25, 0.3) is 10.9 Å². The molecule has 1 aliphatic rings. The van der Waals surface area contributed by atoms with Crippen LogP contribution in [0.5, 0.6) is 0 Å². The number of aromatic nitrogens is 1. The first-order valence-corrected chi connectivity index (χ1v) is 11.8. The highest BCUT2D eigenvalue weighted by Gasteiger charge is 2.35. The lowest BCUT2D eigenvalue weighted by molar-refractivity contribution is -0.0364. The molecule has 0 bridgehead atoms. The van der Waals surface area contributed by atoms with Crippen LogP contribution >= 0.6 is 15.9 Å². The van der Waals surface area contributed by atoms with Gasteiger partial charge in [-0.05, 0) is 72.2 Å². The lowest BCUT2D eigenvalue weighted by Crippen LogP contribution is -2.42. The van der Waals surface area contributed by atoms with Crippen LogP contribution in [0.1, 0.15) is 59.9 Å². The van der Waals surface area contributed by atoms with Gasteiger partial charge in [-0.3, -0.25) is 4.84 Å². The Bertz CT molecular complexity index is 1040. The molecule has 2 aromatic rings. The Kier molecular flexibility index (Phi) is 6.97. The fraction of sp³-hybridized carbons (Fsp3) is 0.583. The van der Waals surface area contributed by atoms with Gasteiger partial charge in [0.05, 0.1) is 16.8 Å². The van der Waals surface area contributed by atoms with Crippen molar-refractivity contribution in [1.82, 2.24) is 4.98 Å². The van der Waals surface area contributed by atoms with E-state index >= 15 is 0 Å². The first-order valence-electron chi connectivity index (χ1n) is 11.0. The molecular formula is C24H32BrF2N3O3. The average molecular weight is 528 g/mol. The number of halogens is 3. The van der Waals surface area contributed by atoms with E-state index in [2.05, 4.69) is 15.9 Å². The number of hydroxylamine groups is 1. The molecule has 9 heteroatoms. The lowest BCUT2D eigenvalue weighted by Gasteiger charge is -2.34. The standard InChI is InChI=1S/C24H32BrF2N3O3/c1-15-12-16-13-17(25)14-18(29-10-8-24(26,27)9-11-29)19(16)28-20(15)30(33-23(5,6)7)21(31)32-22(2,3)4/h12-14H,8-11H2,1-7H3. The summed E-state index contributed by atoms with van der Waals surface area (Å²) in [5, 5.41) is 1.92. The van der Waals surface area contributed by atoms with E-state index in [-0.39, 0.29) is 25.9 Å². The number of piperidine rings is 1. The maximum Gasteiger partial charge on any atom is 0.440 e. The van der Waals surface area contributed by atoms with Crippen molar-refractivity contribution >= 4 is 44.4 Å². The summed E-state index contributed by atoms with van der Waals surface area (Å²) in [5.74, 6) is -2.35. The van der Waals surface area contributed by atoms with Gasteiger partial charge in [-0.25, -0.2) is 18.6 Å². The summed E-state index contributed by atoms with van der Waals surface area (Å²) in [4.78, 5) is 25.8. The molecule has 0 N–H and O–H groups in total. The van der Waals surface area contributed by atoms with Crippen molar-refractivity contribution in [3.63, 3.8) is 0 Å². The Hall–Kier alpha value is -2.00. The second kappa shape index (κ2) is 8.98. The van der Waals surface area contributed by atoms with Gasteiger partial charge in [-0.1, -0.05) is 15.9 Å². The third-order valence-electron chi connectivity index (χ3n) is 4.98. The quantitative estimate of drug-likeness (QED) is 0.401. The molecule has 0 unspecified atom stereocenters. The van der Waals surface area contributed by atoms with Gasteiger partial charge in [0.15, 0.2) is 5.82 Å². The van der Waals surface area contributed by atoms with Gasteiger partial charge in [-0.2, -0.15) is 0 Å². The number of hydrogen-bond donors (Lipinski definition) is 0. The zero-order chi connectivity index (χ0) is 24.8. The SMILES string of the molecule is Cc1cc2cc(Br)cc(N3CCC(F)(F)CC3)c2nc1N(OC(C)(C)C)C(=O)OC(C)(C)C. The van der Waals surface area contributed by atoms with Gasteiger partial charge in [0.1, 0.15) is 5.60 Å². The number of pyridine rings is 1. The van der Waals surface area contributed by atoms with Crippen LogP contribution in [0.15, 0.2) is 22.7 Å². The van der Waals surface area contributed by atoms with E-state index < -0.39 is 23.2 Å². The Labute approximate surface area is 202 Å². The third kappa shape index (κ3) is 6.53. The Morgan fingerprint density at radius 2 is 1.70 bits per heavy atom. The number of amides is 1. The van der Waals surface area contributed by atoms with Crippen LogP contribution in [0.3, 0.4) is 0 Å². The Morgan fingerprint density at radius 1 is 1.09 bits per heavy atom. The van der Waals surface area contributed by atoms with Crippen LogP contribution in [0, 0.1) is 6.92 Å². The monoisotopic (exact) mass is 527 g/mol. The number of carbonyl (C=O) groups excluding carboxylic acids is 1. The zero-order valence-corrected chi connectivity index (χ0v) is 21.8. The number of alkyl halides is 2. The number of fused-ring (bicyclic) bond motifs is 1. The van der Waals surface area contributed by atoms with Crippen LogP contribution in [0.4, 0.5) is 25.1 Å². The molecule has 6 nitrogen and oxygen atoms in total. The van der Waals surface area contributed by atoms with Crippen molar-refractivity contribution in [2.24, 2.45) is 0 Å². The molecule has 1 aromatic heterocycles. The number of carbonyl (C=O) groups is 1. The van der Waals surface area contributed by atoms with Crippen molar-refractivity contribution in [1.29, 1.82) is 0 Å². The lowest BCUT2D eigenvalue weighted by atomic mass is 10.0. The highest BCUT2D eigenvalue weighted by molar-refractivity contribution is 9.10. The summed E-state index contributed by atoms with van der Waals surface area (Å²) in [6, 6.07) is 5.71. The molecule has 0 aliphatic carbocycles. The first kappa shape index (κ1) is 25.6. The zero-order valence-electron chi connectivity index (χ0n) is 20.3. The van der Waals surface area contributed by atoms with E-state index in [0.29, 0.717) is 16.9 Å². The van der Waals surface area contributed by atoms with Gasteiger partial charge >= 0.3 is 6.09 Å². The summed E-state index contributed by atoms with van der Waals surface area (Å²) < 4.78 is 33.9. The molecule has 0 spiro atoms. The maximum absolute atomic E-state index is 13.8. The molecule has 2 heterocycles. The fourth-order valence-electron chi connectivity index (χ4n) is 3.59. The van der Waals surface area contributed by atoms with E-state index in [9.17, 15) is 13.6 Å². The number of nitrogens with zero attached hydrogens (tertiary/aromatic N) is 3. The fourth-order valence-corrected chi connectivity index (χ4v) is 4.06. The molecule has 1 aliphatic heterocycles. The minimum Gasteiger partial charge on any atom is -0.442 e. The summed E-state index contributed by atoms with van der Waals surface area (Å²) in [5.41, 5.74) is 0.634. The molecular weight excluding hydrogens is 496 g/mol. The number of ether oxygens (including phenoxy) is 1. The van der Waals surface area contributed by atoms with Gasteiger partial charge in [0.25, 0.3) is 5.92 Å². The van der Waals surface area contributed by atoms with E-state index in [1.807, 2.05) is 50.8 Å². The van der Waals surface area contributed by atoms with Gasteiger partial charge in [0, 0.05) is 35.8 Å². The van der Waals surface area contributed by atoms with Crippen molar-refractivity contribution in [2.45, 2.75) is 78.4 Å². The van der Waals surface area contributed by atoms with Crippen LogP contribution in [0.2, 0.25) is 0 Å². The highest BCUT2D eigenvalue weighted by Crippen LogP contribution is 2.37. The average Bonchev–Trinajstić information content (AvgIpc) is 2.63. The van der Waals surface area contributed by atoms with E-state index in [1.54, 1.807) is 20.8 Å². The molecule has 1 aromatic carbocycles. The first-order chi connectivity index (χ1) is 15.0. The maximum atomic E-state index is 13.8. The van der Waals surface area contributed by atoms with Crippen LogP contribution in [-0.2, 0) is 9.57 Å². The predicted molar refractivity (Wildman–Crippen MR) is 130 cm³/mol. The number of anilines is 2. The minimum atomic E-state index is -2.65. The van der Waals surface area contributed by atoms with Gasteiger partial charge in [-0.15, -0.1) is 5.06 Å². The molecule has 3 rings (SSSR count). The Balaban J connectivity index is 2.12. The van der Waals surface area contributed by atoms with Crippen molar-refractivity contribution < 1.29 is 23.1 Å².